The van der Waals surface area contributed by atoms with Crippen molar-refractivity contribution in [2.45, 2.75) is 59.7 Å². The molecular weight excluding hydrogens is 172 g/mol. The third-order valence-electron chi connectivity index (χ3n) is 2.84. The van der Waals surface area contributed by atoms with Gasteiger partial charge in [-0.1, -0.05) is 27.7 Å². The van der Waals surface area contributed by atoms with Gasteiger partial charge in [0.25, 0.3) is 0 Å². The standard InChI is InChI=1S/C12H28N2/c1-9(2)12(8-13-10(3)4)14(7)11(5)6/h9-13H,8H2,1-7H3. The predicted octanol–water partition coefficient (Wildman–Crippen LogP) is 2.35. The highest BCUT2D eigenvalue weighted by Gasteiger charge is 2.20. The van der Waals surface area contributed by atoms with Gasteiger partial charge in [0.1, 0.15) is 0 Å². The van der Waals surface area contributed by atoms with E-state index in [1.54, 1.807) is 0 Å². The van der Waals surface area contributed by atoms with E-state index in [1.165, 1.54) is 0 Å². The molecule has 14 heavy (non-hydrogen) atoms. The fourth-order valence-corrected chi connectivity index (χ4v) is 1.59. The van der Waals surface area contributed by atoms with Crippen LogP contribution in [0.1, 0.15) is 41.5 Å². The minimum absolute atomic E-state index is 0.580. The number of nitrogens with zero attached hydrogens (tertiary/aromatic N) is 1. The van der Waals surface area contributed by atoms with Crippen molar-refractivity contribution >= 4 is 0 Å². The van der Waals surface area contributed by atoms with E-state index in [4.69, 9.17) is 0 Å². The van der Waals surface area contributed by atoms with Gasteiger partial charge in [-0.3, -0.25) is 4.90 Å². The van der Waals surface area contributed by atoms with Crippen LogP contribution in [0, 0.1) is 5.92 Å². The molecule has 1 unspecified atom stereocenters. The molecule has 0 rings (SSSR count). The first kappa shape index (κ1) is 13.9. The van der Waals surface area contributed by atoms with Crippen LogP contribution in [0.4, 0.5) is 0 Å². The second kappa shape index (κ2) is 6.41. The number of hydrogen-bond acceptors (Lipinski definition) is 2. The second-order valence-electron chi connectivity index (χ2n) is 5.13. The van der Waals surface area contributed by atoms with E-state index in [9.17, 15) is 0 Å². The predicted molar refractivity (Wildman–Crippen MR) is 64.7 cm³/mol. The Labute approximate surface area is 90.1 Å². The monoisotopic (exact) mass is 200 g/mol. The van der Waals surface area contributed by atoms with Crippen LogP contribution in [0.5, 0.6) is 0 Å². The lowest BCUT2D eigenvalue weighted by Gasteiger charge is -2.35. The van der Waals surface area contributed by atoms with Crippen molar-refractivity contribution in [3.8, 4) is 0 Å². The van der Waals surface area contributed by atoms with E-state index in [2.05, 4.69) is 58.8 Å². The van der Waals surface area contributed by atoms with Gasteiger partial charge in [0, 0.05) is 24.7 Å². The molecule has 2 nitrogen and oxygen atoms in total. The fourth-order valence-electron chi connectivity index (χ4n) is 1.59. The molecule has 0 spiro atoms. The Balaban J connectivity index is 4.15. The van der Waals surface area contributed by atoms with E-state index in [1.807, 2.05) is 0 Å². The number of rotatable bonds is 6. The van der Waals surface area contributed by atoms with Crippen LogP contribution in [0.2, 0.25) is 0 Å². The average molecular weight is 200 g/mol. The third kappa shape index (κ3) is 4.97. The van der Waals surface area contributed by atoms with E-state index < -0.39 is 0 Å². The van der Waals surface area contributed by atoms with Crippen LogP contribution in [0.3, 0.4) is 0 Å². The van der Waals surface area contributed by atoms with Crippen LogP contribution in [0.15, 0.2) is 0 Å². The highest BCUT2D eigenvalue weighted by molar-refractivity contribution is 4.77. The maximum absolute atomic E-state index is 3.52. The van der Waals surface area contributed by atoms with Crippen molar-refractivity contribution in [1.82, 2.24) is 10.2 Å². The summed E-state index contributed by atoms with van der Waals surface area (Å²) in [7, 11) is 2.22. The summed E-state index contributed by atoms with van der Waals surface area (Å²) >= 11 is 0. The second-order valence-corrected chi connectivity index (χ2v) is 5.13. The topological polar surface area (TPSA) is 15.3 Å². The molecule has 0 aliphatic rings. The molecule has 0 fully saturated rings. The van der Waals surface area contributed by atoms with Crippen molar-refractivity contribution in [3.63, 3.8) is 0 Å². The SMILES string of the molecule is CC(C)NCC(C(C)C)N(C)C(C)C. The number of likely N-dealkylation sites (N-methyl/N-ethyl adjacent to an activating group) is 1. The van der Waals surface area contributed by atoms with Gasteiger partial charge in [-0.25, -0.2) is 0 Å². The molecule has 0 aliphatic heterocycles. The highest BCUT2D eigenvalue weighted by Crippen LogP contribution is 2.11. The maximum atomic E-state index is 3.52. The van der Waals surface area contributed by atoms with Gasteiger partial charge in [0.15, 0.2) is 0 Å². The molecule has 1 N–H and O–H groups in total. The van der Waals surface area contributed by atoms with Crippen molar-refractivity contribution in [2.75, 3.05) is 13.6 Å². The Morgan fingerprint density at radius 2 is 1.50 bits per heavy atom. The van der Waals surface area contributed by atoms with E-state index >= 15 is 0 Å². The lowest BCUT2D eigenvalue weighted by molar-refractivity contribution is 0.148. The zero-order valence-corrected chi connectivity index (χ0v) is 11.0. The van der Waals surface area contributed by atoms with E-state index in [0.717, 1.165) is 6.54 Å². The lowest BCUT2D eigenvalue weighted by atomic mass is 10.0. The Hall–Kier alpha value is -0.0800. The van der Waals surface area contributed by atoms with Gasteiger partial charge in [0.05, 0.1) is 0 Å². The summed E-state index contributed by atoms with van der Waals surface area (Å²) in [6.07, 6.45) is 0. The first-order chi connectivity index (χ1) is 6.36. The Bertz CT molecular complexity index is 141. The minimum atomic E-state index is 0.580. The Morgan fingerprint density at radius 1 is 1.00 bits per heavy atom. The van der Waals surface area contributed by atoms with Gasteiger partial charge in [0.2, 0.25) is 0 Å². The quantitative estimate of drug-likeness (QED) is 0.708. The van der Waals surface area contributed by atoms with Crippen molar-refractivity contribution in [2.24, 2.45) is 5.92 Å². The van der Waals surface area contributed by atoms with Crippen LogP contribution in [-0.2, 0) is 0 Å². The molecule has 0 aromatic heterocycles. The largest absolute Gasteiger partial charge is 0.313 e. The van der Waals surface area contributed by atoms with Crippen molar-refractivity contribution in [3.05, 3.63) is 0 Å². The summed E-state index contributed by atoms with van der Waals surface area (Å²) in [6.45, 7) is 14.6. The average Bonchev–Trinajstić information content (AvgIpc) is 2.02. The third-order valence-corrected chi connectivity index (χ3v) is 2.84. The number of nitrogens with one attached hydrogen (secondary N) is 1. The lowest BCUT2D eigenvalue weighted by Crippen LogP contribution is -2.47. The molecule has 0 heterocycles. The summed E-state index contributed by atoms with van der Waals surface area (Å²) in [6, 6.07) is 1.84. The fraction of sp³-hybridized carbons (Fsp3) is 1.00. The summed E-state index contributed by atoms with van der Waals surface area (Å²) in [4.78, 5) is 2.46. The van der Waals surface area contributed by atoms with Gasteiger partial charge in [-0.05, 0) is 26.8 Å². The minimum Gasteiger partial charge on any atom is -0.313 e. The zero-order chi connectivity index (χ0) is 11.3. The Kier molecular flexibility index (Phi) is 6.38. The van der Waals surface area contributed by atoms with Crippen LogP contribution < -0.4 is 5.32 Å². The van der Waals surface area contributed by atoms with Crippen molar-refractivity contribution < 1.29 is 0 Å². The highest BCUT2D eigenvalue weighted by atomic mass is 15.2. The molecule has 86 valence electrons. The molecule has 2 heteroatoms. The summed E-state index contributed by atoms with van der Waals surface area (Å²) in [5.74, 6) is 0.702. The Morgan fingerprint density at radius 3 is 1.79 bits per heavy atom. The van der Waals surface area contributed by atoms with Crippen LogP contribution in [-0.4, -0.2) is 36.6 Å². The summed E-state index contributed by atoms with van der Waals surface area (Å²) in [5.41, 5.74) is 0. The molecule has 1 atom stereocenters. The summed E-state index contributed by atoms with van der Waals surface area (Å²) in [5, 5.41) is 3.52. The van der Waals surface area contributed by atoms with Crippen LogP contribution >= 0.6 is 0 Å². The molecule has 0 amide bonds. The molecule has 0 aliphatic carbocycles. The molecule has 0 saturated heterocycles. The van der Waals surface area contributed by atoms with Crippen LogP contribution in [0.25, 0.3) is 0 Å². The molecule has 0 radical (unpaired) electrons. The first-order valence-electron chi connectivity index (χ1n) is 5.81. The number of hydrogen-bond donors (Lipinski definition) is 1. The first-order valence-corrected chi connectivity index (χ1v) is 5.81. The molecule has 0 bridgehead atoms. The molecular formula is C12H28N2. The summed E-state index contributed by atoms with van der Waals surface area (Å²) < 4.78 is 0. The van der Waals surface area contributed by atoms with E-state index in [0.29, 0.717) is 24.0 Å². The van der Waals surface area contributed by atoms with Gasteiger partial charge < -0.3 is 5.32 Å². The molecule has 0 saturated carbocycles. The molecule has 0 aromatic carbocycles. The van der Waals surface area contributed by atoms with Gasteiger partial charge >= 0.3 is 0 Å². The maximum Gasteiger partial charge on any atom is 0.0243 e. The van der Waals surface area contributed by atoms with Gasteiger partial charge in [-0.15, -0.1) is 0 Å². The smallest absolute Gasteiger partial charge is 0.0243 e. The normalized spacial score (nSPS) is 14.8. The van der Waals surface area contributed by atoms with E-state index in [-0.39, 0.29) is 0 Å². The van der Waals surface area contributed by atoms with Crippen molar-refractivity contribution in [1.29, 1.82) is 0 Å². The van der Waals surface area contributed by atoms with Gasteiger partial charge in [-0.2, -0.15) is 0 Å². The molecule has 0 aromatic rings. The zero-order valence-electron chi connectivity index (χ0n) is 11.0.